The first-order chi connectivity index (χ1) is 26.3. The Morgan fingerprint density at radius 3 is 1.38 bits per heavy atom. The summed E-state index contributed by atoms with van der Waals surface area (Å²) in [4.78, 5) is 0. The van der Waals surface area contributed by atoms with Crippen molar-refractivity contribution in [2.24, 2.45) is 0 Å². The van der Waals surface area contributed by atoms with Gasteiger partial charge in [0.15, 0.2) is 0 Å². The first-order valence-electron chi connectivity index (χ1n) is 18.0. The Balaban J connectivity index is 1.21. The fourth-order valence-electron chi connectivity index (χ4n) is 8.42. The highest BCUT2D eigenvalue weighted by Gasteiger charge is 2.21. The topological polar surface area (TPSA) is 28.7 Å². The maximum Gasteiger partial charge on any atom is 0.101 e. The van der Waals surface area contributed by atoms with E-state index >= 15 is 0 Å². The van der Waals surface area contributed by atoms with E-state index in [-0.39, 0.29) is 0 Å². The maximum absolute atomic E-state index is 10.6. The molecule has 0 spiro atoms. The molecule has 0 N–H and O–H groups in total. The molecule has 0 aliphatic heterocycles. The van der Waals surface area contributed by atoms with Gasteiger partial charge >= 0.3 is 0 Å². The van der Waals surface area contributed by atoms with Crippen molar-refractivity contribution in [1.82, 2.24) is 4.57 Å². The summed E-state index contributed by atoms with van der Waals surface area (Å²) in [7, 11) is 0. The van der Waals surface area contributed by atoms with Crippen LogP contribution < -0.4 is 0 Å². The number of benzene rings is 9. The predicted molar refractivity (Wildman–Crippen MR) is 222 cm³/mol. The van der Waals surface area contributed by atoms with E-state index in [1.54, 1.807) is 0 Å². The van der Waals surface area contributed by atoms with Crippen molar-refractivity contribution in [2.45, 2.75) is 0 Å². The summed E-state index contributed by atoms with van der Waals surface area (Å²) in [5.74, 6) is 0. The Labute approximate surface area is 308 Å². The summed E-state index contributed by atoms with van der Waals surface area (Å²) in [5.41, 5.74) is 12.9. The minimum Gasteiger partial charge on any atom is -0.307 e. The number of hydrogen-bond donors (Lipinski definition) is 0. The molecule has 1 aromatic heterocycles. The van der Waals surface area contributed by atoms with Gasteiger partial charge in [-0.15, -0.1) is 0 Å². The van der Waals surface area contributed by atoms with Gasteiger partial charge in [0.25, 0.3) is 0 Å². The third-order valence-electron chi connectivity index (χ3n) is 10.6. The number of aromatic nitrogens is 1. The van der Waals surface area contributed by atoms with Crippen LogP contribution in [0.15, 0.2) is 194 Å². The fourth-order valence-corrected chi connectivity index (χ4v) is 8.42. The molecule has 0 aliphatic rings. The van der Waals surface area contributed by atoms with Gasteiger partial charge in [0, 0.05) is 16.3 Å². The van der Waals surface area contributed by atoms with Crippen molar-refractivity contribution >= 4 is 43.4 Å². The molecule has 0 unspecified atom stereocenters. The summed E-state index contributed by atoms with van der Waals surface area (Å²) >= 11 is 0. The average molecular weight is 673 g/mol. The van der Waals surface area contributed by atoms with Crippen LogP contribution in [0.4, 0.5) is 0 Å². The third-order valence-corrected chi connectivity index (χ3v) is 10.6. The highest BCUT2D eigenvalue weighted by Crippen LogP contribution is 2.45. The van der Waals surface area contributed by atoms with E-state index in [0.717, 1.165) is 44.5 Å². The summed E-state index contributed by atoms with van der Waals surface area (Å²) in [5, 5.41) is 17.8. The smallest absolute Gasteiger partial charge is 0.101 e. The van der Waals surface area contributed by atoms with Gasteiger partial charge in [-0.1, -0.05) is 170 Å². The molecule has 0 bridgehead atoms. The standard InChI is InChI=1S/C51H32N2/c52-33-37-20-15-29-46(51(37)53-47-30-12-10-23-40(47)41-24-11-13-31-48(41)53)39-22-5-4-21-38(39)35-18-14-19-36(32-35)50-44-27-8-6-25-42(44)49(34-16-2-1-3-17-34)43-26-7-9-28-45(43)50/h1-32H. The Morgan fingerprint density at radius 2 is 0.774 bits per heavy atom. The molecule has 0 radical (unpaired) electrons. The number of nitrogens with zero attached hydrogens (tertiary/aromatic N) is 2. The molecule has 0 saturated carbocycles. The zero-order valence-corrected chi connectivity index (χ0v) is 28.9. The molecule has 10 aromatic rings. The molecular formula is C51H32N2. The van der Waals surface area contributed by atoms with Crippen LogP contribution in [0.1, 0.15) is 5.56 Å². The lowest BCUT2D eigenvalue weighted by Crippen LogP contribution is -2.01. The van der Waals surface area contributed by atoms with E-state index in [2.05, 4.69) is 193 Å². The van der Waals surface area contributed by atoms with Crippen LogP contribution >= 0.6 is 0 Å². The molecule has 53 heavy (non-hydrogen) atoms. The average Bonchev–Trinajstić information content (AvgIpc) is 3.56. The molecule has 2 heteroatoms. The van der Waals surface area contributed by atoms with E-state index in [0.29, 0.717) is 5.56 Å². The number of rotatable bonds is 5. The largest absolute Gasteiger partial charge is 0.307 e. The molecule has 0 amide bonds. The van der Waals surface area contributed by atoms with Crippen LogP contribution in [0.3, 0.4) is 0 Å². The lowest BCUT2D eigenvalue weighted by molar-refractivity contribution is 1.17. The maximum atomic E-state index is 10.6. The molecule has 9 aromatic carbocycles. The van der Waals surface area contributed by atoms with Crippen LogP contribution in [0.25, 0.3) is 93.5 Å². The summed E-state index contributed by atoms with van der Waals surface area (Å²) < 4.78 is 2.28. The highest BCUT2D eigenvalue weighted by molar-refractivity contribution is 6.21. The highest BCUT2D eigenvalue weighted by atomic mass is 15.0. The van der Waals surface area contributed by atoms with Crippen molar-refractivity contribution < 1.29 is 0 Å². The van der Waals surface area contributed by atoms with E-state index in [1.807, 2.05) is 12.1 Å². The van der Waals surface area contributed by atoms with E-state index in [4.69, 9.17) is 0 Å². The molecule has 2 nitrogen and oxygen atoms in total. The summed E-state index contributed by atoms with van der Waals surface area (Å²) in [6.07, 6.45) is 0. The monoisotopic (exact) mass is 672 g/mol. The van der Waals surface area contributed by atoms with Gasteiger partial charge in [-0.05, 0) is 84.8 Å². The van der Waals surface area contributed by atoms with Gasteiger partial charge in [-0.2, -0.15) is 5.26 Å². The van der Waals surface area contributed by atoms with Gasteiger partial charge in [0.05, 0.1) is 22.3 Å². The SMILES string of the molecule is N#Cc1cccc(-c2ccccc2-c2cccc(-c3c4ccccc4c(-c4ccccc4)c4ccccc34)c2)c1-n1c2ccccc2c2ccccc21. The van der Waals surface area contributed by atoms with E-state index in [9.17, 15) is 5.26 Å². The molecular weight excluding hydrogens is 641 g/mol. The zero-order valence-electron chi connectivity index (χ0n) is 28.9. The zero-order chi connectivity index (χ0) is 35.3. The van der Waals surface area contributed by atoms with Gasteiger partial charge in [-0.25, -0.2) is 0 Å². The first kappa shape index (κ1) is 30.6. The van der Waals surface area contributed by atoms with Crippen molar-refractivity contribution in [3.05, 3.63) is 200 Å². The van der Waals surface area contributed by atoms with Gasteiger partial charge in [-0.3, -0.25) is 0 Å². The molecule has 0 fully saturated rings. The number of fused-ring (bicyclic) bond motifs is 5. The molecule has 0 aliphatic carbocycles. The normalized spacial score (nSPS) is 11.4. The minimum atomic E-state index is 0.633. The van der Waals surface area contributed by atoms with Crippen molar-refractivity contribution in [3.63, 3.8) is 0 Å². The van der Waals surface area contributed by atoms with Crippen LogP contribution in [0, 0.1) is 11.3 Å². The molecule has 246 valence electrons. The quantitative estimate of drug-likeness (QED) is 0.167. The molecule has 0 atom stereocenters. The number of hydrogen-bond acceptors (Lipinski definition) is 1. The second-order valence-electron chi connectivity index (χ2n) is 13.5. The third kappa shape index (κ3) is 4.87. The van der Waals surface area contributed by atoms with Gasteiger partial charge < -0.3 is 4.57 Å². The van der Waals surface area contributed by atoms with Gasteiger partial charge in [0.2, 0.25) is 0 Å². The van der Waals surface area contributed by atoms with Crippen LogP contribution in [0.5, 0.6) is 0 Å². The van der Waals surface area contributed by atoms with Crippen molar-refractivity contribution in [1.29, 1.82) is 5.26 Å². The first-order valence-corrected chi connectivity index (χ1v) is 18.0. The van der Waals surface area contributed by atoms with Crippen LogP contribution in [0.2, 0.25) is 0 Å². The Morgan fingerprint density at radius 1 is 0.340 bits per heavy atom. The second-order valence-corrected chi connectivity index (χ2v) is 13.5. The van der Waals surface area contributed by atoms with E-state index in [1.165, 1.54) is 49.0 Å². The van der Waals surface area contributed by atoms with Crippen molar-refractivity contribution in [2.75, 3.05) is 0 Å². The Hall–Kier alpha value is -7.21. The Kier molecular flexibility index (Phi) is 7.23. The second kappa shape index (κ2) is 12.5. The predicted octanol–water partition coefficient (Wildman–Crippen LogP) is 13.6. The van der Waals surface area contributed by atoms with Crippen LogP contribution in [-0.4, -0.2) is 4.57 Å². The Bertz CT molecular complexity index is 2960. The molecule has 10 rings (SSSR count). The summed E-state index contributed by atoms with van der Waals surface area (Å²) in [6, 6.07) is 71.5. The van der Waals surface area contributed by atoms with Gasteiger partial charge in [0.1, 0.15) is 6.07 Å². The molecule has 0 saturated heterocycles. The minimum absolute atomic E-state index is 0.633. The molecule has 1 heterocycles. The fraction of sp³-hybridized carbons (Fsp3) is 0. The lowest BCUT2D eigenvalue weighted by Gasteiger charge is -2.19. The number of para-hydroxylation sites is 3. The summed E-state index contributed by atoms with van der Waals surface area (Å²) in [6.45, 7) is 0. The van der Waals surface area contributed by atoms with Crippen LogP contribution in [-0.2, 0) is 0 Å². The van der Waals surface area contributed by atoms with E-state index < -0.39 is 0 Å². The van der Waals surface area contributed by atoms with Crippen molar-refractivity contribution in [3.8, 4) is 56.3 Å². The lowest BCUT2D eigenvalue weighted by atomic mass is 9.85. The number of nitriles is 1.